The third-order valence-electron chi connectivity index (χ3n) is 4.66. The second-order valence-corrected chi connectivity index (χ2v) is 9.83. The maximum atomic E-state index is 12.9. The van der Waals surface area contributed by atoms with Crippen LogP contribution in [0, 0.1) is 0 Å². The van der Waals surface area contributed by atoms with E-state index in [1.54, 1.807) is 13.8 Å². The van der Waals surface area contributed by atoms with E-state index in [1.807, 2.05) is 0 Å². The first-order valence-electron chi connectivity index (χ1n) is 9.90. The Bertz CT molecular complexity index is 1100. The molecule has 2 aromatic rings. The van der Waals surface area contributed by atoms with Crippen LogP contribution in [0.5, 0.6) is 17.2 Å². The predicted molar refractivity (Wildman–Crippen MR) is 112 cm³/mol. The summed E-state index contributed by atoms with van der Waals surface area (Å²) in [6.07, 6.45) is -7.01. The van der Waals surface area contributed by atoms with Crippen LogP contribution >= 0.6 is 0 Å². The van der Waals surface area contributed by atoms with Gasteiger partial charge < -0.3 is 29.4 Å². The van der Waals surface area contributed by atoms with Crippen molar-refractivity contribution < 1.29 is 50.4 Å². The zero-order chi connectivity index (χ0) is 25.1. The molecule has 1 saturated heterocycles. The maximum absolute atomic E-state index is 12.9. The van der Waals surface area contributed by atoms with Crippen molar-refractivity contribution in [2.45, 2.75) is 43.0 Å². The van der Waals surface area contributed by atoms with Crippen molar-refractivity contribution in [3.8, 4) is 17.2 Å². The number of alkyl halides is 3. The second-order valence-electron chi connectivity index (χ2n) is 7.80. The number of ether oxygens (including phenoxy) is 4. The van der Waals surface area contributed by atoms with Gasteiger partial charge in [-0.2, -0.15) is 0 Å². The first-order chi connectivity index (χ1) is 15.7. The van der Waals surface area contributed by atoms with E-state index in [0.717, 1.165) is 12.1 Å². The van der Waals surface area contributed by atoms with Crippen molar-refractivity contribution in [1.29, 1.82) is 0 Å². The van der Waals surface area contributed by atoms with Crippen LogP contribution in [0.4, 0.5) is 18.0 Å². The smallest absolute Gasteiger partial charge is 0.465 e. The molecule has 0 bridgehead atoms. The number of benzene rings is 2. The van der Waals surface area contributed by atoms with Gasteiger partial charge >= 0.3 is 12.5 Å². The lowest BCUT2D eigenvalue weighted by Crippen LogP contribution is -2.48. The van der Waals surface area contributed by atoms with Crippen molar-refractivity contribution in [2.24, 2.45) is 0 Å². The van der Waals surface area contributed by atoms with E-state index >= 15 is 0 Å². The molecule has 0 aromatic heterocycles. The molecule has 2 N–H and O–H groups in total. The minimum atomic E-state index is -4.81. The summed E-state index contributed by atoms with van der Waals surface area (Å²) < 4.78 is 82.8. The Hall–Kier alpha value is -3.03. The van der Waals surface area contributed by atoms with Gasteiger partial charge in [-0.3, -0.25) is 0 Å². The lowest BCUT2D eigenvalue weighted by molar-refractivity contribution is -0.274. The van der Waals surface area contributed by atoms with Gasteiger partial charge in [-0.25, -0.2) is 13.2 Å². The zero-order valence-corrected chi connectivity index (χ0v) is 18.9. The first kappa shape index (κ1) is 25.6. The molecule has 0 unspecified atom stereocenters. The third kappa shape index (κ3) is 7.23. The van der Waals surface area contributed by atoms with Crippen LogP contribution in [0.15, 0.2) is 53.4 Å². The second kappa shape index (κ2) is 9.68. The summed E-state index contributed by atoms with van der Waals surface area (Å²) in [4.78, 5) is 11.1. The molecule has 13 heteroatoms. The Morgan fingerprint density at radius 2 is 1.65 bits per heavy atom. The minimum Gasteiger partial charge on any atom is -0.465 e. The molecule has 1 aliphatic heterocycles. The molecule has 186 valence electrons. The third-order valence-corrected chi connectivity index (χ3v) is 6.45. The van der Waals surface area contributed by atoms with Gasteiger partial charge in [0.25, 0.3) is 0 Å². The number of amides is 1. The van der Waals surface area contributed by atoms with Crippen LogP contribution in [-0.4, -0.2) is 56.3 Å². The number of halogens is 3. The molecule has 0 aliphatic carbocycles. The van der Waals surface area contributed by atoms with E-state index in [1.165, 1.54) is 36.4 Å². The monoisotopic (exact) mass is 505 g/mol. The summed E-state index contributed by atoms with van der Waals surface area (Å²) in [6.45, 7) is 3.29. The molecular weight excluding hydrogens is 483 g/mol. The lowest BCUT2D eigenvalue weighted by Gasteiger charge is -2.24. The molecule has 9 nitrogen and oxygen atoms in total. The number of carbonyl (C=O) groups is 1. The molecule has 1 amide bonds. The van der Waals surface area contributed by atoms with Crippen LogP contribution in [0.1, 0.15) is 13.8 Å². The van der Waals surface area contributed by atoms with Gasteiger partial charge in [-0.1, -0.05) is 0 Å². The van der Waals surface area contributed by atoms with Gasteiger partial charge in [0.15, 0.2) is 15.6 Å². The van der Waals surface area contributed by atoms with Crippen molar-refractivity contribution in [1.82, 2.24) is 5.32 Å². The Morgan fingerprint density at radius 3 is 2.12 bits per heavy atom. The van der Waals surface area contributed by atoms with Gasteiger partial charge in [-0.15, -0.1) is 13.2 Å². The number of rotatable bonds is 8. The average molecular weight is 505 g/mol. The largest absolute Gasteiger partial charge is 0.573 e. The molecular formula is C21H22F3NO8S. The van der Waals surface area contributed by atoms with Gasteiger partial charge in [0.2, 0.25) is 0 Å². The van der Waals surface area contributed by atoms with E-state index < -0.39 is 51.7 Å². The van der Waals surface area contributed by atoms with Crippen LogP contribution in [0.3, 0.4) is 0 Å². The quantitative estimate of drug-likeness (QED) is 0.554. The molecule has 0 spiro atoms. The number of carboxylic acid groups (broad SMARTS) is 1. The fourth-order valence-corrected chi connectivity index (χ4v) is 4.72. The maximum Gasteiger partial charge on any atom is 0.573 e. The summed E-state index contributed by atoms with van der Waals surface area (Å²) >= 11 is 0. The number of nitrogens with one attached hydrogen (secondary N) is 1. The van der Waals surface area contributed by atoms with Gasteiger partial charge in [0, 0.05) is 0 Å². The SMILES string of the molecule is CC1(C)OC[C@H]([C@@H](CS(=O)(=O)c2ccc(Oc3ccc(OC(F)(F)F)cc3)cc2)NC(=O)O)O1. The Morgan fingerprint density at radius 1 is 1.12 bits per heavy atom. The van der Waals surface area contributed by atoms with E-state index in [4.69, 9.17) is 19.3 Å². The van der Waals surface area contributed by atoms with Gasteiger partial charge in [0.05, 0.1) is 23.3 Å². The normalized spacial score (nSPS) is 18.8. The summed E-state index contributed by atoms with van der Waals surface area (Å²) in [6, 6.07) is 8.89. The van der Waals surface area contributed by atoms with Crippen LogP contribution < -0.4 is 14.8 Å². The number of sulfone groups is 1. The molecule has 0 saturated carbocycles. The molecule has 3 rings (SSSR count). The van der Waals surface area contributed by atoms with E-state index in [-0.39, 0.29) is 23.0 Å². The van der Waals surface area contributed by atoms with Crippen molar-refractivity contribution >= 4 is 15.9 Å². The highest BCUT2D eigenvalue weighted by atomic mass is 32.2. The van der Waals surface area contributed by atoms with E-state index in [0.29, 0.717) is 0 Å². The highest BCUT2D eigenvalue weighted by molar-refractivity contribution is 7.91. The predicted octanol–water partition coefficient (Wildman–Crippen LogP) is 3.94. The highest BCUT2D eigenvalue weighted by Gasteiger charge is 2.40. The summed E-state index contributed by atoms with van der Waals surface area (Å²) in [5.74, 6) is -1.51. The fraction of sp³-hybridized carbons (Fsp3) is 0.381. The average Bonchev–Trinajstić information content (AvgIpc) is 3.08. The first-order valence-corrected chi connectivity index (χ1v) is 11.6. The van der Waals surface area contributed by atoms with E-state index in [9.17, 15) is 26.4 Å². The summed E-state index contributed by atoms with van der Waals surface area (Å²) in [5.41, 5.74) is 0. The Balaban J connectivity index is 1.68. The van der Waals surface area contributed by atoms with Crippen molar-refractivity contribution in [3.05, 3.63) is 48.5 Å². The van der Waals surface area contributed by atoms with Gasteiger partial charge in [-0.05, 0) is 62.4 Å². The summed E-state index contributed by atoms with van der Waals surface area (Å²) in [5, 5.41) is 11.3. The zero-order valence-electron chi connectivity index (χ0n) is 18.0. The number of hydrogen-bond donors (Lipinski definition) is 2. The highest BCUT2D eigenvalue weighted by Crippen LogP contribution is 2.29. The van der Waals surface area contributed by atoms with Crippen molar-refractivity contribution in [2.75, 3.05) is 12.4 Å². The van der Waals surface area contributed by atoms with Crippen LogP contribution in [0.2, 0.25) is 0 Å². The lowest BCUT2D eigenvalue weighted by atomic mass is 10.2. The molecule has 0 radical (unpaired) electrons. The molecule has 1 heterocycles. The molecule has 2 atom stereocenters. The van der Waals surface area contributed by atoms with E-state index in [2.05, 4.69) is 10.1 Å². The van der Waals surface area contributed by atoms with Gasteiger partial charge in [0.1, 0.15) is 23.4 Å². The van der Waals surface area contributed by atoms with Crippen LogP contribution in [0.25, 0.3) is 0 Å². The Kier molecular flexibility index (Phi) is 7.29. The molecule has 2 aromatic carbocycles. The number of hydrogen-bond acceptors (Lipinski definition) is 7. The standard InChI is InChI=1S/C21H22F3NO8S/c1-20(2)30-11-18(33-20)17(25-19(26)27)12-34(28,29)16-9-7-14(8-10-16)31-13-3-5-15(6-4-13)32-21(22,23)24/h3-10,17-18,25H,11-12H2,1-2H3,(H,26,27)/t17-,18-/m1/s1. The molecule has 34 heavy (non-hydrogen) atoms. The Labute approximate surface area is 193 Å². The fourth-order valence-electron chi connectivity index (χ4n) is 3.21. The van der Waals surface area contributed by atoms with Crippen LogP contribution in [-0.2, 0) is 19.3 Å². The molecule has 1 fully saturated rings. The van der Waals surface area contributed by atoms with Crippen molar-refractivity contribution in [3.63, 3.8) is 0 Å². The molecule has 1 aliphatic rings. The minimum absolute atomic E-state index is 0.0209. The summed E-state index contributed by atoms with van der Waals surface area (Å²) in [7, 11) is -3.93. The topological polar surface area (TPSA) is 120 Å².